The first kappa shape index (κ1) is 31.6. The van der Waals surface area contributed by atoms with Gasteiger partial charge in [0.15, 0.2) is 0 Å². The zero-order valence-electron chi connectivity index (χ0n) is 26.3. The molecule has 7 heteroatoms. The number of aromatic nitrogens is 2. The van der Waals surface area contributed by atoms with Crippen molar-refractivity contribution in [2.45, 2.75) is 57.5 Å². The summed E-state index contributed by atoms with van der Waals surface area (Å²) >= 11 is 0. The van der Waals surface area contributed by atoms with Crippen molar-refractivity contribution in [1.29, 1.82) is 0 Å². The number of carbonyl (C=O) groups excluding carboxylic acids is 1. The molecule has 0 radical (unpaired) electrons. The molecule has 1 heterocycles. The van der Waals surface area contributed by atoms with Crippen molar-refractivity contribution in [3.63, 3.8) is 0 Å². The van der Waals surface area contributed by atoms with Crippen molar-refractivity contribution >= 4 is 5.97 Å². The van der Waals surface area contributed by atoms with Crippen LogP contribution in [0.3, 0.4) is 0 Å². The van der Waals surface area contributed by atoms with Gasteiger partial charge in [-0.2, -0.15) is 0 Å². The second-order valence-corrected chi connectivity index (χ2v) is 12.3. The highest BCUT2D eigenvalue weighted by atomic mass is 19.1. The van der Waals surface area contributed by atoms with E-state index in [9.17, 15) is 9.18 Å². The Morgan fingerprint density at radius 1 is 1.05 bits per heavy atom. The van der Waals surface area contributed by atoms with Crippen LogP contribution < -0.4 is 0 Å². The normalized spacial score (nSPS) is 18.0. The summed E-state index contributed by atoms with van der Waals surface area (Å²) in [5.74, 6) is 0.566. The highest BCUT2D eigenvalue weighted by Gasteiger charge is 2.47. The van der Waals surface area contributed by atoms with Gasteiger partial charge in [0.05, 0.1) is 11.4 Å². The van der Waals surface area contributed by atoms with E-state index in [2.05, 4.69) is 55.0 Å². The third kappa shape index (κ3) is 7.28. The largest absolute Gasteiger partial charge is 0.457 e. The van der Waals surface area contributed by atoms with Crippen LogP contribution in [0.15, 0.2) is 78.9 Å². The Hall–Kier alpha value is -3.81. The number of hydrogen-bond donors (Lipinski definition) is 1. The Balaban J connectivity index is 1.28. The minimum absolute atomic E-state index is 0.0306. The van der Waals surface area contributed by atoms with E-state index in [0.717, 1.165) is 65.4 Å². The SMILES string of the molecule is COCC(=O)O[C@]1(CCN(C)CCCc2nc(-c3ccccc3)c(-c3ccccc3)[nH]2)CCc2cc(F)ccc2[C@@H]1C(C)C. The predicted octanol–water partition coefficient (Wildman–Crippen LogP) is 7.45. The number of benzene rings is 3. The molecule has 1 N–H and O–H groups in total. The van der Waals surface area contributed by atoms with Gasteiger partial charge in [0.2, 0.25) is 0 Å². The summed E-state index contributed by atoms with van der Waals surface area (Å²) in [6, 6.07) is 25.7. The van der Waals surface area contributed by atoms with E-state index in [1.54, 1.807) is 6.07 Å². The fourth-order valence-corrected chi connectivity index (χ4v) is 6.83. The second-order valence-electron chi connectivity index (χ2n) is 12.3. The van der Waals surface area contributed by atoms with Crippen molar-refractivity contribution in [1.82, 2.24) is 14.9 Å². The number of nitrogens with zero attached hydrogens (tertiary/aromatic N) is 2. The number of esters is 1. The van der Waals surface area contributed by atoms with E-state index in [1.807, 2.05) is 42.5 Å². The molecule has 0 spiro atoms. The fraction of sp³-hybridized carbons (Fsp3) is 0.405. The van der Waals surface area contributed by atoms with Gasteiger partial charge in [-0.15, -0.1) is 0 Å². The molecule has 0 bridgehead atoms. The highest BCUT2D eigenvalue weighted by molar-refractivity contribution is 5.78. The zero-order chi connectivity index (χ0) is 31.1. The van der Waals surface area contributed by atoms with Gasteiger partial charge in [0, 0.05) is 43.5 Å². The number of nitrogens with one attached hydrogen (secondary N) is 1. The van der Waals surface area contributed by atoms with Crippen molar-refractivity contribution in [2.75, 3.05) is 33.9 Å². The summed E-state index contributed by atoms with van der Waals surface area (Å²) in [6.07, 6.45) is 3.77. The van der Waals surface area contributed by atoms with Crippen LogP contribution in [0.25, 0.3) is 22.5 Å². The number of H-pyrrole nitrogens is 1. The van der Waals surface area contributed by atoms with Crippen LogP contribution >= 0.6 is 0 Å². The minimum Gasteiger partial charge on any atom is -0.457 e. The molecule has 6 nitrogen and oxygen atoms in total. The second kappa shape index (κ2) is 14.3. The van der Waals surface area contributed by atoms with Gasteiger partial charge in [-0.1, -0.05) is 80.6 Å². The lowest BCUT2D eigenvalue weighted by molar-refractivity contribution is -0.172. The van der Waals surface area contributed by atoms with Crippen molar-refractivity contribution < 1.29 is 18.7 Å². The first-order valence-electron chi connectivity index (χ1n) is 15.7. The Morgan fingerprint density at radius 3 is 2.43 bits per heavy atom. The van der Waals surface area contributed by atoms with E-state index in [1.165, 1.54) is 13.2 Å². The van der Waals surface area contributed by atoms with Crippen LogP contribution in [0.4, 0.5) is 4.39 Å². The molecule has 0 saturated carbocycles. The molecule has 2 atom stereocenters. The molecule has 1 aromatic heterocycles. The summed E-state index contributed by atoms with van der Waals surface area (Å²) < 4.78 is 25.5. The third-order valence-corrected chi connectivity index (χ3v) is 8.80. The van der Waals surface area contributed by atoms with Crippen molar-refractivity contribution in [3.8, 4) is 22.5 Å². The van der Waals surface area contributed by atoms with Gasteiger partial charge in [-0.05, 0) is 62.0 Å². The Kier molecular flexibility index (Phi) is 10.3. The quantitative estimate of drug-likeness (QED) is 0.162. The number of aryl methyl sites for hydroxylation is 2. The van der Waals surface area contributed by atoms with Crippen molar-refractivity contribution in [2.24, 2.45) is 5.92 Å². The van der Waals surface area contributed by atoms with Gasteiger partial charge in [0.25, 0.3) is 0 Å². The van der Waals surface area contributed by atoms with E-state index < -0.39 is 5.60 Å². The lowest BCUT2D eigenvalue weighted by Crippen LogP contribution is -2.49. The fourth-order valence-electron chi connectivity index (χ4n) is 6.83. The molecule has 1 aliphatic rings. The van der Waals surface area contributed by atoms with Crippen LogP contribution in [0.1, 0.15) is 56.0 Å². The monoisotopic (exact) mass is 597 g/mol. The molecule has 4 aromatic rings. The smallest absolute Gasteiger partial charge is 0.332 e. The maximum Gasteiger partial charge on any atom is 0.332 e. The van der Waals surface area contributed by atoms with Crippen LogP contribution in [-0.2, 0) is 27.1 Å². The molecule has 5 rings (SSSR count). The standard InChI is InChI=1S/C37H44FN3O3/c1-26(2)34-31-18-17-30(38)24-29(31)19-20-37(34,44-33(42)25-43-4)21-23-41(3)22-11-16-32-39-35(27-12-7-5-8-13-27)36(40-32)28-14-9-6-10-15-28/h5-10,12-15,17-18,24,26,34H,11,16,19-23,25H2,1-4H3,(H,39,40)/t34-,37-/m0/s1. The number of rotatable bonds is 13. The Bertz CT molecular complexity index is 1460. The molecule has 0 fully saturated rings. The van der Waals surface area contributed by atoms with Crippen LogP contribution in [0.2, 0.25) is 0 Å². The van der Waals surface area contributed by atoms with Crippen LogP contribution in [-0.4, -0.2) is 60.3 Å². The maximum atomic E-state index is 14.1. The Labute approximate surface area is 260 Å². The average molecular weight is 598 g/mol. The van der Waals surface area contributed by atoms with Gasteiger partial charge in [-0.3, -0.25) is 0 Å². The summed E-state index contributed by atoms with van der Waals surface area (Å²) in [5, 5.41) is 0. The molecule has 3 aromatic carbocycles. The number of carbonyl (C=O) groups is 1. The van der Waals surface area contributed by atoms with E-state index in [-0.39, 0.29) is 30.2 Å². The number of hydrogen-bond acceptors (Lipinski definition) is 5. The first-order chi connectivity index (χ1) is 21.3. The van der Waals surface area contributed by atoms with E-state index >= 15 is 0 Å². The number of ether oxygens (including phenoxy) is 2. The Morgan fingerprint density at radius 2 is 1.75 bits per heavy atom. The van der Waals surface area contributed by atoms with Crippen molar-refractivity contribution in [3.05, 3.63) is 102 Å². The van der Waals surface area contributed by atoms with Gasteiger partial charge in [0.1, 0.15) is 23.8 Å². The van der Waals surface area contributed by atoms with E-state index in [0.29, 0.717) is 19.3 Å². The van der Waals surface area contributed by atoms with Gasteiger partial charge < -0.3 is 19.4 Å². The highest BCUT2D eigenvalue weighted by Crippen LogP contribution is 2.48. The minimum atomic E-state index is -0.681. The predicted molar refractivity (Wildman–Crippen MR) is 173 cm³/mol. The summed E-state index contributed by atoms with van der Waals surface area (Å²) in [4.78, 5) is 23.8. The number of methoxy groups -OCH3 is 1. The number of fused-ring (bicyclic) bond motifs is 1. The number of imidazole rings is 1. The van der Waals surface area contributed by atoms with Gasteiger partial charge in [-0.25, -0.2) is 14.2 Å². The van der Waals surface area contributed by atoms with E-state index in [4.69, 9.17) is 14.5 Å². The first-order valence-corrected chi connectivity index (χ1v) is 15.7. The number of aromatic amines is 1. The van der Waals surface area contributed by atoms with Crippen LogP contribution in [0, 0.1) is 11.7 Å². The molecule has 44 heavy (non-hydrogen) atoms. The summed E-state index contributed by atoms with van der Waals surface area (Å²) in [5.41, 5.74) is 5.64. The molecule has 0 unspecified atom stereocenters. The molecular weight excluding hydrogens is 553 g/mol. The van der Waals surface area contributed by atoms with Gasteiger partial charge >= 0.3 is 5.97 Å². The molecule has 0 aliphatic heterocycles. The molecule has 232 valence electrons. The van der Waals surface area contributed by atoms with Crippen LogP contribution in [0.5, 0.6) is 0 Å². The molecular formula is C37H44FN3O3. The summed E-state index contributed by atoms with van der Waals surface area (Å²) in [7, 11) is 3.62. The zero-order valence-corrected chi connectivity index (χ0v) is 26.3. The topological polar surface area (TPSA) is 67.5 Å². The average Bonchev–Trinajstić information content (AvgIpc) is 3.45. The molecule has 1 aliphatic carbocycles. The molecule has 0 amide bonds. The summed E-state index contributed by atoms with van der Waals surface area (Å²) in [6.45, 7) is 5.86. The number of halogens is 1. The lowest BCUT2D eigenvalue weighted by Gasteiger charge is -2.47. The third-order valence-electron chi connectivity index (χ3n) is 8.80. The lowest BCUT2D eigenvalue weighted by atomic mass is 9.65. The molecule has 0 saturated heterocycles. The maximum absolute atomic E-state index is 14.1.